The maximum atomic E-state index is 12.6. The molecule has 176 valence electrons. The van der Waals surface area contributed by atoms with Crippen LogP contribution in [0.15, 0.2) is 0 Å². The molecule has 0 radical (unpaired) electrons. The Kier molecular flexibility index (Phi) is 11.7. The molecule has 5 unspecified atom stereocenters. The first kappa shape index (κ1) is 27.7. The number of hydrogen-bond acceptors (Lipinski definition) is 9. The van der Waals surface area contributed by atoms with Gasteiger partial charge in [0.15, 0.2) is 6.04 Å². The number of carbonyl (C=O) groups is 6. The van der Waals surface area contributed by atoms with Crippen LogP contribution in [0.5, 0.6) is 0 Å². The van der Waals surface area contributed by atoms with Crippen LogP contribution in [0.25, 0.3) is 0 Å². The molecule has 0 spiro atoms. The van der Waals surface area contributed by atoms with Crippen LogP contribution in [0, 0.1) is 0 Å². The topological polar surface area (TPSA) is 277 Å². The van der Waals surface area contributed by atoms with Gasteiger partial charge in [0.25, 0.3) is 0 Å². The van der Waals surface area contributed by atoms with E-state index in [0.29, 0.717) is 0 Å². The molecule has 12 N–H and O–H groups in total. The molecule has 5 amide bonds. The van der Waals surface area contributed by atoms with Crippen LogP contribution >= 0.6 is 0 Å². The summed E-state index contributed by atoms with van der Waals surface area (Å²) in [5, 5.41) is 33.7. The Morgan fingerprint density at radius 2 is 1.39 bits per heavy atom. The molecule has 0 bridgehead atoms. The average molecular weight is 448 g/mol. The number of aliphatic hydroxyl groups excluding tert-OH is 2. The highest BCUT2D eigenvalue weighted by atomic mass is 16.4. The molecule has 0 aliphatic rings. The van der Waals surface area contributed by atoms with Crippen molar-refractivity contribution in [2.24, 2.45) is 17.2 Å². The zero-order valence-electron chi connectivity index (χ0n) is 16.7. The summed E-state index contributed by atoms with van der Waals surface area (Å²) in [5.41, 5.74) is 15.4. The third-order valence-electron chi connectivity index (χ3n) is 3.93. The van der Waals surface area contributed by atoms with Gasteiger partial charge in [-0.25, -0.2) is 4.79 Å². The highest BCUT2D eigenvalue weighted by Crippen LogP contribution is 2.03. The van der Waals surface area contributed by atoms with Crippen molar-refractivity contribution in [2.75, 3.05) is 6.61 Å². The van der Waals surface area contributed by atoms with Crippen LogP contribution in [0.4, 0.5) is 0 Å². The van der Waals surface area contributed by atoms with Gasteiger partial charge in [-0.3, -0.25) is 24.0 Å². The Morgan fingerprint density at radius 3 is 1.81 bits per heavy atom. The van der Waals surface area contributed by atoms with Crippen LogP contribution in [0.3, 0.4) is 0 Å². The summed E-state index contributed by atoms with van der Waals surface area (Å²) in [6.45, 7) is 0.360. The minimum atomic E-state index is -1.74. The fourth-order valence-electron chi connectivity index (χ4n) is 2.24. The minimum Gasteiger partial charge on any atom is -0.480 e. The van der Waals surface area contributed by atoms with Gasteiger partial charge < -0.3 is 48.5 Å². The molecule has 0 aromatic carbocycles. The van der Waals surface area contributed by atoms with Crippen molar-refractivity contribution in [3.63, 3.8) is 0 Å². The zero-order valence-corrected chi connectivity index (χ0v) is 16.7. The van der Waals surface area contributed by atoms with Gasteiger partial charge in [-0.05, 0) is 13.3 Å². The maximum Gasteiger partial charge on any atom is 0.328 e. The fraction of sp³-hybridized carbons (Fsp3) is 0.625. The molecule has 0 saturated heterocycles. The smallest absolute Gasteiger partial charge is 0.328 e. The van der Waals surface area contributed by atoms with E-state index in [1.807, 2.05) is 5.32 Å². The summed E-state index contributed by atoms with van der Waals surface area (Å²) in [6, 6.07) is -6.22. The molecule has 31 heavy (non-hydrogen) atoms. The second kappa shape index (κ2) is 13.1. The first-order valence-electron chi connectivity index (χ1n) is 9.05. The SMILES string of the molecule is CC(O)C(NC(=O)C(CC(N)=O)NC(=O)C(CCC(N)=O)NC(=O)C(N)CO)C(=O)O. The fourth-order valence-corrected chi connectivity index (χ4v) is 2.24. The highest BCUT2D eigenvalue weighted by molar-refractivity contribution is 5.96. The normalized spacial score (nSPS) is 15.5. The molecule has 0 aliphatic heterocycles. The van der Waals surface area contributed by atoms with Crippen molar-refractivity contribution in [2.45, 2.75) is 56.5 Å². The Balaban J connectivity index is 5.53. The van der Waals surface area contributed by atoms with E-state index in [9.17, 15) is 33.9 Å². The van der Waals surface area contributed by atoms with E-state index < -0.39 is 78.8 Å². The number of carbonyl (C=O) groups excluding carboxylic acids is 5. The summed E-state index contributed by atoms with van der Waals surface area (Å²) in [7, 11) is 0. The molecule has 5 atom stereocenters. The molecule has 0 saturated carbocycles. The first-order valence-corrected chi connectivity index (χ1v) is 9.05. The van der Waals surface area contributed by atoms with Gasteiger partial charge in [-0.15, -0.1) is 0 Å². The number of nitrogens with one attached hydrogen (secondary N) is 3. The predicted molar refractivity (Wildman–Crippen MR) is 102 cm³/mol. The number of primary amides is 2. The van der Waals surface area contributed by atoms with Crippen molar-refractivity contribution in [3.05, 3.63) is 0 Å². The van der Waals surface area contributed by atoms with Crippen LogP contribution < -0.4 is 33.2 Å². The molecular formula is C16H28N6O9. The van der Waals surface area contributed by atoms with E-state index in [1.54, 1.807) is 0 Å². The molecule has 0 aliphatic carbocycles. The summed E-state index contributed by atoms with van der Waals surface area (Å²) in [4.78, 5) is 70.3. The molecule has 0 fully saturated rings. The average Bonchev–Trinajstić information content (AvgIpc) is 2.66. The number of aliphatic hydroxyl groups is 2. The maximum absolute atomic E-state index is 12.6. The summed E-state index contributed by atoms with van der Waals surface area (Å²) < 4.78 is 0. The lowest BCUT2D eigenvalue weighted by Crippen LogP contribution is -2.59. The largest absolute Gasteiger partial charge is 0.480 e. The van der Waals surface area contributed by atoms with Gasteiger partial charge >= 0.3 is 5.97 Å². The second-order valence-electron chi connectivity index (χ2n) is 6.65. The predicted octanol–water partition coefficient (Wildman–Crippen LogP) is -5.63. The Morgan fingerprint density at radius 1 is 0.871 bits per heavy atom. The molecule has 0 heterocycles. The quantitative estimate of drug-likeness (QED) is 0.121. The number of aliphatic carboxylic acids is 1. The third-order valence-corrected chi connectivity index (χ3v) is 3.93. The van der Waals surface area contributed by atoms with E-state index in [1.165, 1.54) is 0 Å². The lowest BCUT2D eigenvalue weighted by atomic mass is 10.1. The number of hydrogen-bond donors (Lipinski definition) is 9. The molecular weight excluding hydrogens is 420 g/mol. The van der Waals surface area contributed by atoms with Gasteiger partial charge in [0, 0.05) is 6.42 Å². The Bertz CT molecular complexity index is 699. The highest BCUT2D eigenvalue weighted by Gasteiger charge is 2.32. The van der Waals surface area contributed by atoms with Gasteiger partial charge in [-0.2, -0.15) is 0 Å². The molecule has 0 rings (SSSR count). The Labute approximate surface area is 176 Å². The lowest BCUT2D eigenvalue weighted by Gasteiger charge is -2.25. The van der Waals surface area contributed by atoms with E-state index >= 15 is 0 Å². The van der Waals surface area contributed by atoms with E-state index in [0.717, 1.165) is 6.92 Å². The first-order chi connectivity index (χ1) is 14.3. The van der Waals surface area contributed by atoms with E-state index in [4.69, 9.17) is 27.4 Å². The standard InChI is InChI=1S/C16H28N6O9/c1-6(24)12(16(30)31)22-15(29)9(4-11(19)26)21-14(28)8(2-3-10(18)25)20-13(27)7(17)5-23/h6-9,12,23-24H,2-5,17H2,1H3,(H2,18,25)(H2,19,26)(H,20,27)(H,21,28)(H,22,29)(H,30,31). The van der Waals surface area contributed by atoms with Crippen molar-refractivity contribution >= 4 is 35.5 Å². The number of carboxylic acid groups (broad SMARTS) is 1. The van der Waals surface area contributed by atoms with Crippen molar-refractivity contribution in [1.29, 1.82) is 0 Å². The van der Waals surface area contributed by atoms with Crippen LogP contribution in [-0.4, -0.2) is 87.7 Å². The monoisotopic (exact) mass is 448 g/mol. The summed E-state index contributed by atoms with van der Waals surface area (Å²) in [6.07, 6.45) is -2.89. The van der Waals surface area contributed by atoms with Crippen molar-refractivity contribution in [3.8, 4) is 0 Å². The number of nitrogens with two attached hydrogens (primary N) is 3. The molecule has 0 aromatic heterocycles. The Hall–Kier alpha value is -3.30. The second-order valence-corrected chi connectivity index (χ2v) is 6.65. The van der Waals surface area contributed by atoms with Crippen molar-refractivity contribution < 1.29 is 44.1 Å². The van der Waals surface area contributed by atoms with Crippen LogP contribution in [0.1, 0.15) is 26.2 Å². The van der Waals surface area contributed by atoms with Crippen molar-refractivity contribution in [1.82, 2.24) is 16.0 Å². The number of rotatable bonds is 14. The zero-order chi connectivity index (χ0) is 24.3. The van der Waals surface area contributed by atoms with Crippen LogP contribution in [-0.2, 0) is 28.8 Å². The van der Waals surface area contributed by atoms with Gasteiger partial charge in [-0.1, -0.05) is 0 Å². The molecule has 15 heteroatoms. The van der Waals surface area contributed by atoms with E-state index in [2.05, 4.69) is 10.6 Å². The minimum absolute atomic E-state index is 0.304. The van der Waals surface area contributed by atoms with Gasteiger partial charge in [0.05, 0.1) is 19.1 Å². The van der Waals surface area contributed by atoms with E-state index in [-0.39, 0.29) is 12.8 Å². The van der Waals surface area contributed by atoms with Crippen LogP contribution in [0.2, 0.25) is 0 Å². The summed E-state index contributed by atoms with van der Waals surface area (Å²) in [5.74, 6) is -6.52. The third kappa shape index (κ3) is 10.3. The molecule has 15 nitrogen and oxygen atoms in total. The van der Waals surface area contributed by atoms with Gasteiger partial charge in [0.2, 0.25) is 29.5 Å². The number of carboxylic acids is 1. The number of amides is 5. The lowest BCUT2D eigenvalue weighted by molar-refractivity contribution is -0.145. The van der Waals surface area contributed by atoms with Gasteiger partial charge in [0.1, 0.15) is 18.1 Å². The molecule has 0 aromatic rings. The summed E-state index contributed by atoms with van der Waals surface area (Å²) >= 11 is 0.